The van der Waals surface area contributed by atoms with Crippen LogP contribution in [0.25, 0.3) is 0 Å². The molecule has 2 N–H and O–H groups in total. The van der Waals surface area contributed by atoms with Gasteiger partial charge in [-0.05, 0) is 20.9 Å². The Morgan fingerprint density at radius 1 is 1.73 bits per heavy atom. The van der Waals surface area contributed by atoms with Crippen molar-refractivity contribution in [1.82, 2.24) is 10.2 Å². The predicted octanol–water partition coefficient (Wildman–Crippen LogP) is -0.110. The summed E-state index contributed by atoms with van der Waals surface area (Å²) in [6.07, 6.45) is -0.720. The van der Waals surface area contributed by atoms with E-state index in [4.69, 9.17) is 9.84 Å². The van der Waals surface area contributed by atoms with Crippen molar-refractivity contribution in [2.45, 2.75) is 25.5 Å². The van der Waals surface area contributed by atoms with E-state index >= 15 is 0 Å². The lowest BCUT2D eigenvalue weighted by atomic mass is 10.0. The van der Waals surface area contributed by atoms with Gasteiger partial charge in [-0.1, -0.05) is 0 Å². The van der Waals surface area contributed by atoms with Crippen LogP contribution in [0, 0.1) is 0 Å². The summed E-state index contributed by atoms with van der Waals surface area (Å²) in [6.45, 7) is 4.05. The fourth-order valence-electron chi connectivity index (χ4n) is 1.23. The van der Waals surface area contributed by atoms with Crippen molar-refractivity contribution in [3.8, 4) is 0 Å². The van der Waals surface area contributed by atoms with E-state index in [0.717, 1.165) is 0 Å². The van der Waals surface area contributed by atoms with Gasteiger partial charge in [0.25, 0.3) is 0 Å². The van der Waals surface area contributed by atoms with E-state index in [2.05, 4.69) is 5.32 Å². The Balaban J connectivity index is 2.51. The Bertz CT molecular complexity index is 277. The van der Waals surface area contributed by atoms with Crippen molar-refractivity contribution >= 4 is 12.1 Å². The van der Waals surface area contributed by atoms with Crippen LogP contribution in [0.15, 0.2) is 0 Å². The van der Waals surface area contributed by atoms with Crippen molar-refractivity contribution in [3.05, 3.63) is 0 Å². The van der Waals surface area contributed by atoms with Gasteiger partial charge in [-0.25, -0.2) is 4.79 Å². The Hall–Kier alpha value is -1.30. The molecule has 15 heavy (non-hydrogen) atoms. The molecule has 0 aromatic carbocycles. The Morgan fingerprint density at radius 2 is 2.33 bits per heavy atom. The summed E-state index contributed by atoms with van der Waals surface area (Å²) in [5.74, 6) is -0.901. The lowest BCUT2D eigenvalue weighted by Gasteiger charge is -2.32. The molecule has 1 fully saturated rings. The van der Waals surface area contributed by atoms with Crippen LogP contribution in [0.5, 0.6) is 0 Å². The van der Waals surface area contributed by atoms with Crippen LogP contribution in [0.4, 0.5) is 4.79 Å². The topological polar surface area (TPSA) is 78.9 Å². The highest BCUT2D eigenvalue weighted by molar-refractivity contribution is 5.77. The number of nitrogens with zero attached hydrogens (tertiary/aromatic N) is 1. The fraction of sp³-hybridized carbons (Fsp3) is 0.778. The largest absolute Gasteiger partial charge is 0.480 e. The molecule has 0 aromatic heterocycles. The number of alkyl carbamates (subject to hydrolysis) is 1. The number of carboxylic acid groups (broad SMARTS) is 1. The molecule has 1 saturated heterocycles. The van der Waals surface area contributed by atoms with E-state index < -0.39 is 17.6 Å². The number of hydrogen-bond donors (Lipinski definition) is 2. The quantitative estimate of drug-likeness (QED) is 0.685. The number of amides is 1. The van der Waals surface area contributed by atoms with E-state index in [9.17, 15) is 9.59 Å². The van der Waals surface area contributed by atoms with Crippen molar-refractivity contribution in [2.75, 3.05) is 20.1 Å². The number of carboxylic acids is 1. The number of nitrogens with one attached hydrogen (secondary N) is 1. The molecule has 6 heteroatoms. The fourth-order valence-corrected chi connectivity index (χ4v) is 1.23. The van der Waals surface area contributed by atoms with Crippen LogP contribution in [0.2, 0.25) is 0 Å². The number of rotatable bonds is 4. The van der Waals surface area contributed by atoms with Crippen molar-refractivity contribution in [3.63, 3.8) is 0 Å². The van der Waals surface area contributed by atoms with E-state index in [1.165, 1.54) is 0 Å². The van der Waals surface area contributed by atoms with Gasteiger partial charge in [-0.15, -0.1) is 0 Å². The minimum Gasteiger partial charge on any atom is -0.480 e. The molecule has 0 radical (unpaired) electrons. The summed E-state index contributed by atoms with van der Waals surface area (Å²) in [7, 11) is 1.69. The van der Waals surface area contributed by atoms with Crippen LogP contribution < -0.4 is 5.32 Å². The first-order chi connectivity index (χ1) is 6.84. The molecular weight excluding hydrogens is 200 g/mol. The van der Waals surface area contributed by atoms with E-state index in [0.29, 0.717) is 13.1 Å². The zero-order chi connectivity index (χ0) is 11.6. The van der Waals surface area contributed by atoms with E-state index in [1.54, 1.807) is 25.8 Å². The molecule has 1 atom stereocenters. The first-order valence-electron chi connectivity index (χ1n) is 4.73. The zero-order valence-corrected chi connectivity index (χ0v) is 9.11. The summed E-state index contributed by atoms with van der Waals surface area (Å²) in [4.78, 5) is 23.3. The summed E-state index contributed by atoms with van der Waals surface area (Å²) in [6, 6.07) is 0. The average molecular weight is 216 g/mol. The highest BCUT2D eigenvalue weighted by Gasteiger charge is 2.35. The smallest absolute Gasteiger partial charge is 0.407 e. The van der Waals surface area contributed by atoms with E-state index in [-0.39, 0.29) is 6.10 Å². The van der Waals surface area contributed by atoms with Gasteiger partial charge in [0.15, 0.2) is 0 Å². The lowest BCUT2D eigenvalue weighted by Crippen LogP contribution is -2.50. The Morgan fingerprint density at radius 3 is 2.73 bits per heavy atom. The first kappa shape index (κ1) is 11.8. The van der Waals surface area contributed by atoms with Gasteiger partial charge in [0.1, 0.15) is 11.6 Å². The van der Waals surface area contributed by atoms with Gasteiger partial charge in [0.05, 0.1) is 6.54 Å². The van der Waals surface area contributed by atoms with E-state index in [1.807, 2.05) is 0 Å². The van der Waals surface area contributed by atoms with Gasteiger partial charge < -0.3 is 15.2 Å². The molecule has 0 aliphatic carbocycles. The molecule has 86 valence electrons. The molecule has 1 heterocycles. The van der Waals surface area contributed by atoms with Gasteiger partial charge in [0, 0.05) is 6.54 Å². The second-order valence-corrected chi connectivity index (χ2v) is 4.15. The molecule has 0 saturated carbocycles. The van der Waals surface area contributed by atoms with Crippen LogP contribution >= 0.6 is 0 Å². The van der Waals surface area contributed by atoms with Crippen LogP contribution in [-0.2, 0) is 9.53 Å². The summed E-state index contributed by atoms with van der Waals surface area (Å²) >= 11 is 0. The molecule has 0 spiro atoms. The van der Waals surface area contributed by atoms with Gasteiger partial charge in [-0.3, -0.25) is 9.69 Å². The third kappa shape index (κ3) is 2.59. The number of carbonyl (C=O) groups excluding carboxylic acids is 1. The van der Waals surface area contributed by atoms with Crippen LogP contribution in [0.3, 0.4) is 0 Å². The third-order valence-corrected chi connectivity index (χ3v) is 2.70. The normalized spacial score (nSPS) is 21.3. The molecule has 0 bridgehead atoms. The lowest BCUT2D eigenvalue weighted by molar-refractivity contribution is -0.149. The molecule has 1 rings (SSSR count). The van der Waals surface area contributed by atoms with Crippen LogP contribution in [-0.4, -0.2) is 53.8 Å². The molecule has 6 nitrogen and oxygen atoms in total. The molecule has 1 aliphatic rings. The maximum absolute atomic E-state index is 10.9. The summed E-state index contributed by atoms with van der Waals surface area (Å²) < 4.78 is 4.92. The maximum Gasteiger partial charge on any atom is 0.407 e. The number of likely N-dealkylation sites (N-methyl/N-ethyl adjacent to an activating group) is 1. The highest BCUT2D eigenvalue weighted by atomic mass is 16.6. The monoisotopic (exact) mass is 216 g/mol. The molecule has 1 aliphatic heterocycles. The van der Waals surface area contributed by atoms with Gasteiger partial charge in [0.2, 0.25) is 0 Å². The number of cyclic esters (lactones) is 1. The standard InChI is InChI=1S/C9H16N2O4/c1-9(2,7(12)13)11(3)5-6-4-10-8(14)15-6/h6H,4-5H2,1-3H3,(H,10,14)(H,12,13). The minimum absolute atomic E-state index is 0.277. The molecule has 1 unspecified atom stereocenters. The molecular formula is C9H16N2O4. The predicted molar refractivity (Wildman–Crippen MR) is 52.6 cm³/mol. The molecule has 0 aromatic rings. The van der Waals surface area contributed by atoms with Crippen molar-refractivity contribution in [1.29, 1.82) is 0 Å². The number of carbonyl (C=O) groups is 2. The van der Waals surface area contributed by atoms with Crippen LogP contribution in [0.1, 0.15) is 13.8 Å². The number of ether oxygens (including phenoxy) is 1. The highest BCUT2D eigenvalue weighted by Crippen LogP contribution is 2.14. The second-order valence-electron chi connectivity index (χ2n) is 4.15. The maximum atomic E-state index is 10.9. The average Bonchev–Trinajstić information content (AvgIpc) is 2.50. The summed E-state index contributed by atoms with van der Waals surface area (Å²) in [5, 5.41) is 11.5. The number of hydrogen-bond acceptors (Lipinski definition) is 4. The van der Waals surface area contributed by atoms with Gasteiger partial charge in [-0.2, -0.15) is 0 Å². The zero-order valence-electron chi connectivity index (χ0n) is 9.11. The summed E-state index contributed by atoms with van der Waals surface area (Å²) in [5.41, 5.74) is -0.963. The SMILES string of the molecule is CN(CC1CNC(=O)O1)C(C)(C)C(=O)O. The Labute approximate surface area is 88.2 Å². The second kappa shape index (κ2) is 4.06. The van der Waals surface area contributed by atoms with Crippen molar-refractivity contribution < 1.29 is 19.4 Å². The third-order valence-electron chi connectivity index (χ3n) is 2.70. The Kier molecular flexibility index (Phi) is 3.18. The number of aliphatic carboxylic acids is 1. The van der Waals surface area contributed by atoms with Gasteiger partial charge >= 0.3 is 12.1 Å². The first-order valence-corrected chi connectivity index (χ1v) is 4.73. The minimum atomic E-state index is -0.963. The van der Waals surface area contributed by atoms with Crippen molar-refractivity contribution in [2.24, 2.45) is 0 Å². The molecule has 1 amide bonds.